The number of allylic oxidation sites excluding steroid dienone is 2. The van der Waals surface area contributed by atoms with Gasteiger partial charge in [-0.05, 0) is 47.0 Å². The second kappa shape index (κ2) is 12.9. The van der Waals surface area contributed by atoms with E-state index < -0.39 is 8.32 Å². The molecular formula is C29H42O3Si. The van der Waals surface area contributed by atoms with E-state index >= 15 is 0 Å². The third-order valence-electron chi connectivity index (χ3n) is 6.06. The fourth-order valence-electron chi connectivity index (χ4n) is 4.57. The standard InChI is InChI=1S/C29H42O3Si/c1-7-31-28(30)21-15-14-16-24(2)22-25(3)23-32-33(29(4,5)6,26-17-10-8-11-18-26)27-19-12-9-13-20-27/h8-14,16-20,24-25H,7,15,21-23H2,1-6H3/b16-14+/t24-,25-/m1/s1. The van der Waals surface area contributed by atoms with E-state index in [2.05, 4.69) is 107 Å². The van der Waals surface area contributed by atoms with Gasteiger partial charge in [-0.1, -0.05) is 107 Å². The Balaban J connectivity index is 2.11. The maximum Gasteiger partial charge on any atom is 0.306 e. The van der Waals surface area contributed by atoms with Crippen LogP contribution in [-0.2, 0) is 14.0 Å². The van der Waals surface area contributed by atoms with Crippen molar-refractivity contribution in [1.29, 1.82) is 0 Å². The summed E-state index contributed by atoms with van der Waals surface area (Å²) >= 11 is 0. The van der Waals surface area contributed by atoms with Gasteiger partial charge in [-0.3, -0.25) is 4.79 Å². The number of rotatable bonds is 12. The Labute approximate surface area is 202 Å². The summed E-state index contributed by atoms with van der Waals surface area (Å²) in [4.78, 5) is 11.5. The van der Waals surface area contributed by atoms with Crippen LogP contribution in [-0.4, -0.2) is 27.5 Å². The summed E-state index contributed by atoms with van der Waals surface area (Å²) in [7, 11) is -2.48. The summed E-state index contributed by atoms with van der Waals surface area (Å²) in [5.41, 5.74) is 0. The molecule has 0 fully saturated rings. The highest BCUT2D eigenvalue weighted by atomic mass is 28.4. The fraction of sp³-hybridized carbons (Fsp3) is 0.483. The lowest BCUT2D eigenvalue weighted by atomic mass is 9.97. The molecule has 0 aliphatic heterocycles. The summed E-state index contributed by atoms with van der Waals surface area (Å²) in [6.45, 7) is 14.5. The quantitative estimate of drug-likeness (QED) is 0.215. The molecule has 0 N–H and O–H groups in total. The summed E-state index contributed by atoms with van der Waals surface area (Å²) < 4.78 is 12.1. The van der Waals surface area contributed by atoms with Crippen LogP contribution in [0.4, 0.5) is 0 Å². The fourth-order valence-corrected chi connectivity index (χ4v) is 9.26. The molecule has 0 radical (unpaired) electrons. The maximum absolute atomic E-state index is 11.5. The van der Waals surface area contributed by atoms with Gasteiger partial charge in [0.25, 0.3) is 8.32 Å². The van der Waals surface area contributed by atoms with Crippen LogP contribution < -0.4 is 10.4 Å². The first kappa shape index (κ1) is 27.1. The van der Waals surface area contributed by atoms with Gasteiger partial charge in [0.2, 0.25) is 0 Å². The van der Waals surface area contributed by atoms with Gasteiger partial charge in [0.05, 0.1) is 6.61 Å². The molecule has 0 aliphatic carbocycles. The van der Waals surface area contributed by atoms with Gasteiger partial charge < -0.3 is 9.16 Å². The average molecular weight is 467 g/mol. The lowest BCUT2D eigenvalue weighted by molar-refractivity contribution is -0.143. The smallest absolute Gasteiger partial charge is 0.306 e. The largest absolute Gasteiger partial charge is 0.466 e. The van der Waals surface area contributed by atoms with Crippen LogP contribution >= 0.6 is 0 Å². The number of hydrogen-bond acceptors (Lipinski definition) is 3. The van der Waals surface area contributed by atoms with Crippen molar-refractivity contribution in [3.63, 3.8) is 0 Å². The molecule has 3 nitrogen and oxygen atoms in total. The van der Waals surface area contributed by atoms with Crippen molar-refractivity contribution >= 4 is 24.7 Å². The first-order chi connectivity index (χ1) is 15.7. The molecular weight excluding hydrogens is 424 g/mol. The Hall–Kier alpha value is -2.17. The van der Waals surface area contributed by atoms with Gasteiger partial charge in [0.1, 0.15) is 0 Å². The molecule has 180 valence electrons. The highest BCUT2D eigenvalue weighted by Crippen LogP contribution is 2.37. The van der Waals surface area contributed by atoms with Crippen LogP contribution in [0.1, 0.15) is 60.8 Å². The molecule has 0 amide bonds. The van der Waals surface area contributed by atoms with Gasteiger partial charge in [-0.15, -0.1) is 0 Å². The van der Waals surface area contributed by atoms with E-state index in [1.807, 2.05) is 6.92 Å². The zero-order chi connectivity index (χ0) is 24.3. The monoisotopic (exact) mass is 466 g/mol. The van der Waals surface area contributed by atoms with E-state index in [1.165, 1.54) is 10.4 Å². The van der Waals surface area contributed by atoms with Crippen LogP contribution in [0, 0.1) is 11.8 Å². The maximum atomic E-state index is 11.5. The van der Waals surface area contributed by atoms with E-state index in [9.17, 15) is 4.79 Å². The van der Waals surface area contributed by atoms with E-state index in [0.717, 1.165) is 19.4 Å². The van der Waals surface area contributed by atoms with Crippen LogP contribution in [0.5, 0.6) is 0 Å². The van der Waals surface area contributed by atoms with E-state index in [-0.39, 0.29) is 11.0 Å². The molecule has 2 atom stereocenters. The number of ether oxygens (including phenoxy) is 1. The Kier molecular flexibility index (Phi) is 10.6. The molecule has 2 aromatic rings. The van der Waals surface area contributed by atoms with Crippen molar-refractivity contribution in [2.24, 2.45) is 11.8 Å². The number of benzene rings is 2. The SMILES string of the molecule is CCOC(=O)CC/C=C/[C@@H](C)C[C@@H](C)CO[Si](c1ccccc1)(c1ccccc1)C(C)(C)C. The Bertz CT molecular complexity index is 816. The van der Waals surface area contributed by atoms with Crippen molar-refractivity contribution in [1.82, 2.24) is 0 Å². The molecule has 0 heterocycles. The second-order valence-corrected chi connectivity index (χ2v) is 14.4. The number of carbonyl (C=O) groups is 1. The number of hydrogen-bond donors (Lipinski definition) is 0. The minimum Gasteiger partial charge on any atom is -0.466 e. The predicted molar refractivity (Wildman–Crippen MR) is 142 cm³/mol. The highest BCUT2D eigenvalue weighted by Gasteiger charge is 2.50. The summed E-state index contributed by atoms with van der Waals surface area (Å²) in [6, 6.07) is 21.6. The Morgan fingerprint density at radius 2 is 1.52 bits per heavy atom. The van der Waals surface area contributed by atoms with Gasteiger partial charge in [0, 0.05) is 13.0 Å². The minimum atomic E-state index is -2.48. The molecule has 4 heteroatoms. The van der Waals surface area contributed by atoms with Crippen LogP contribution in [0.3, 0.4) is 0 Å². The highest BCUT2D eigenvalue weighted by molar-refractivity contribution is 6.99. The van der Waals surface area contributed by atoms with Gasteiger partial charge in [-0.25, -0.2) is 0 Å². The van der Waals surface area contributed by atoms with E-state index in [4.69, 9.17) is 9.16 Å². The van der Waals surface area contributed by atoms with Gasteiger partial charge in [-0.2, -0.15) is 0 Å². The second-order valence-electron chi connectivity index (χ2n) is 10.1. The normalized spacial score (nSPS) is 14.2. The minimum absolute atomic E-state index is 0.00591. The van der Waals surface area contributed by atoms with Crippen molar-refractivity contribution < 1.29 is 14.0 Å². The lowest BCUT2D eigenvalue weighted by Gasteiger charge is -2.43. The Morgan fingerprint density at radius 3 is 2.00 bits per heavy atom. The number of carbonyl (C=O) groups excluding carboxylic acids is 1. The predicted octanol–water partition coefficient (Wildman–Crippen LogP) is 6.12. The average Bonchev–Trinajstić information content (AvgIpc) is 2.78. The molecule has 2 aromatic carbocycles. The molecule has 0 saturated heterocycles. The van der Waals surface area contributed by atoms with Crippen molar-refractivity contribution in [3.8, 4) is 0 Å². The molecule has 0 saturated carbocycles. The van der Waals surface area contributed by atoms with E-state index in [1.54, 1.807) is 0 Å². The summed E-state index contributed by atoms with van der Waals surface area (Å²) in [5, 5.41) is 2.64. The third kappa shape index (κ3) is 7.68. The molecule has 33 heavy (non-hydrogen) atoms. The molecule has 0 aliphatic rings. The van der Waals surface area contributed by atoms with Crippen LogP contribution in [0.15, 0.2) is 72.8 Å². The first-order valence-electron chi connectivity index (χ1n) is 12.3. The van der Waals surface area contributed by atoms with Crippen LogP contribution in [0.25, 0.3) is 0 Å². The van der Waals surface area contributed by atoms with E-state index in [0.29, 0.717) is 24.9 Å². The molecule has 0 unspecified atom stereocenters. The van der Waals surface area contributed by atoms with Gasteiger partial charge >= 0.3 is 5.97 Å². The molecule has 2 rings (SSSR count). The lowest BCUT2D eigenvalue weighted by Crippen LogP contribution is -2.66. The molecule has 0 aromatic heterocycles. The van der Waals surface area contributed by atoms with Crippen molar-refractivity contribution in [2.75, 3.05) is 13.2 Å². The first-order valence-corrected chi connectivity index (χ1v) is 14.2. The summed E-state index contributed by atoms with van der Waals surface area (Å²) in [5.74, 6) is 0.739. The van der Waals surface area contributed by atoms with Gasteiger partial charge in [0.15, 0.2) is 0 Å². The molecule has 0 spiro atoms. The van der Waals surface area contributed by atoms with Crippen molar-refractivity contribution in [2.45, 2.75) is 65.8 Å². The molecule has 0 bridgehead atoms. The summed E-state index contributed by atoms with van der Waals surface area (Å²) in [6.07, 6.45) is 6.56. The zero-order valence-corrected chi connectivity index (χ0v) is 22.3. The Morgan fingerprint density at radius 1 is 0.970 bits per heavy atom. The van der Waals surface area contributed by atoms with Crippen LogP contribution in [0.2, 0.25) is 5.04 Å². The topological polar surface area (TPSA) is 35.5 Å². The zero-order valence-electron chi connectivity index (χ0n) is 21.3. The third-order valence-corrected chi connectivity index (χ3v) is 11.1. The number of esters is 1. The van der Waals surface area contributed by atoms with Crippen molar-refractivity contribution in [3.05, 3.63) is 72.8 Å².